The molecule has 0 aliphatic heterocycles. The second-order valence-electron chi connectivity index (χ2n) is 0.316. The number of aliphatic hydroxyl groups is 1. The predicted molar refractivity (Wildman–Crippen MR) is 15.0 cm³/mol. The van der Waals surface area contributed by atoms with Crippen LogP contribution in [0.25, 0.3) is 0 Å². The molecule has 0 unspecified atom stereocenters. The molecule has 0 amide bonds. The largest absolute Gasteiger partial charge is 1.00 e. The number of rotatable bonds is 0. The summed E-state index contributed by atoms with van der Waals surface area (Å²) in [4.78, 5) is 0. The van der Waals surface area contributed by atoms with Crippen molar-refractivity contribution in [2.45, 2.75) is 6.92 Å². The van der Waals surface area contributed by atoms with Crippen molar-refractivity contribution in [3.05, 3.63) is 0 Å². The molecule has 0 aliphatic rings. The average molecular weight is 71.1 g/mol. The van der Waals surface area contributed by atoms with Gasteiger partial charge in [0.25, 0.3) is 0 Å². The van der Waals surface area contributed by atoms with Gasteiger partial charge in [0.2, 0.25) is 0 Å². The van der Waals surface area contributed by atoms with E-state index in [2.05, 4.69) is 0 Å². The maximum absolute atomic E-state index is 7.57. The van der Waals surface area contributed by atoms with Crippen molar-refractivity contribution in [1.82, 2.24) is 0 Å². The maximum atomic E-state index is 7.57. The molecule has 0 rings (SSSR count). The molecule has 0 fully saturated rings. The second-order valence-corrected chi connectivity index (χ2v) is 0.316. The zero-order valence-corrected chi connectivity index (χ0v) is 5.15. The van der Waals surface area contributed by atoms with Gasteiger partial charge >= 0.3 is 31.0 Å². The van der Waals surface area contributed by atoms with Gasteiger partial charge in [-0.3, -0.25) is 0 Å². The molecular formula is C2H8NaO+. The fourth-order valence-corrected chi connectivity index (χ4v) is 0. The van der Waals surface area contributed by atoms with E-state index < -0.39 is 0 Å². The molecule has 0 aromatic rings. The van der Waals surface area contributed by atoms with Gasteiger partial charge < -0.3 is 6.53 Å². The Balaban J connectivity index is -0.00000000667. The van der Waals surface area contributed by atoms with Crippen LogP contribution in [-0.2, 0) is 0 Å². The second kappa shape index (κ2) is 9.03. The first-order valence-corrected chi connectivity index (χ1v) is 1.02. The predicted octanol–water partition coefficient (Wildman–Crippen LogP) is -2.77. The van der Waals surface area contributed by atoms with Crippen LogP contribution in [0.15, 0.2) is 0 Å². The normalized spacial score (nSPS) is 4.50. The molecule has 0 aromatic heterocycles. The molecule has 0 aromatic carbocycles. The van der Waals surface area contributed by atoms with Crippen molar-refractivity contribution in [3.63, 3.8) is 0 Å². The molecule has 0 saturated heterocycles. The molecule has 0 radical (unpaired) electrons. The molecule has 0 heterocycles. The van der Waals surface area contributed by atoms with Crippen LogP contribution in [0.2, 0.25) is 0 Å². The van der Waals surface area contributed by atoms with E-state index >= 15 is 0 Å². The van der Waals surface area contributed by atoms with E-state index in [-0.39, 0.29) is 39.0 Å². The van der Waals surface area contributed by atoms with E-state index in [4.69, 9.17) is 5.11 Å². The maximum Gasteiger partial charge on any atom is 1.00 e. The fraction of sp³-hybridized carbons (Fsp3) is 1.00. The van der Waals surface area contributed by atoms with E-state index in [0.29, 0.717) is 0 Å². The fourth-order valence-electron chi connectivity index (χ4n) is 0. The van der Waals surface area contributed by atoms with Gasteiger partial charge in [-0.2, -0.15) is 0 Å². The standard InChI is InChI=1S/C2H6O.Na.H/c1-2-3;;/h3H,2H2,1H3;;/q;+1;-1/p+1. The first-order valence-electron chi connectivity index (χ1n) is 1.02. The first-order chi connectivity index (χ1) is 1.41. The molecule has 22 valence electrons. The topological polar surface area (TPSA) is 20.2 Å². The Hall–Kier alpha value is 0.960. The van der Waals surface area contributed by atoms with E-state index in [9.17, 15) is 0 Å². The monoisotopic (exact) mass is 71.0 g/mol. The quantitative estimate of drug-likeness (QED) is 0.306. The van der Waals surface area contributed by atoms with Crippen molar-refractivity contribution in [1.29, 1.82) is 0 Å². The number of hydrogen-bond donors (Lipinski definition) is 1. The molecule has 0 bridgehead atoms. The van der Waals surface area contributed by atoms with Crippen molar-refractivity contribution in [3.8, 4) is 0 Å². The minimum absolute atomic E-state index is 0. The smallest absolute Gasteiger partial charge is 1.00 e. The van der Waals surface area contributed by atoms with Crippen LogP contribution in [0.5, 0.6) is 0 Å². The van der Waals surface area contributed by atoms with Gasteiger partial charge in [0.05, 0.1) is 0 Å². The summed E-state index contributed by atoms with van der Waals surface area (Å²) in [7, 11) is 0. The molecule has 0 aliphatic carbocycles. The Morgan fingerprint density at radius 1 is 2.25 bits per heavy atom. The molecular weight excluding hydrogens is 63.0 g/mol. The summed E-state index contributed by atoms with van der Waals surface area (Å²) in [6, 6.07) is 0. The third-order valence-electron chi connectivity index (χ3n) is 0. The Bertz CT molecular complexity index is 11.5. The summed E-state index contributed by atoms with van der Waals surface area (Å²) in [6.45, 7) is 1.93. The SMILES string of the molecule is CCO.[H+].[H-].[Na+]. The number of aliphatic hydroxyl groups excluding tert-OH is 1. The summed E-state index contributed by atoms with van der Waals surface area (Å²) >= 11 is 0. The van der Waals surface area contributed by atoms with Crippen LogP contribution in [0.4, 0.5) is 0 Å². The molecule has 4 heavy (non-hydrogen) atoms. The summed E-state index contributed by atoms with van der Waals surface area (Å²) in [5.74, 6) is 0. The van der Waals surface area contributed by atoms with Gasteiger partial charge in [0, 0.05) is 6.61 Å². The minimum atomic E-state index is 0. The van der Waals surface area contributed by atoms with Crippen LogP contribution in [0.1, 0.15) is 9.78 Å². The van der Waals surface area contributed by atoms with Gasteiger partial charge in [0.1, 0.15) is 0 Å². The van der Waals surface area contributed by atoms with E-state index in [0.717, 1.165) is 0 Å². The van der Waals surface area contributed by atoms with Crippen molar-refractivity contribution in [2.24, 2.45) is 0 Å². The molecule has 1 nitrogen and oxygen atoms in total. The summed E-state index contributed by atoms with van der Waals surface area (Å²) < 4.78 is 0. The zero-order chi connectivity index (χ0) is 2.71. The Morgan fingerprint density at radius 2 is 2.25 bits per heavy atom. The van der Waals surface area contributed by atoms with E-state index in [1.807, 2.05) is 0 Å². The summed E-state index contributed by atoms with van der Waals surface area (Å²) in [5.41, 5.74) is 0. The van der Waals surface area contributed by atoms with Gasteiger partial charge in [-0.05, 0) is 6.92 Å². The van der Waals surface area contributed by atoms with Gasteiger partial charge in [0.15, 0.2) is 0 Å². The van der Waals surface area contributed by atoms with Crippen LogP contribution in [0, 0.1) is 0 Å². The molecule has 0 spiro atoms. The first kappa shape index (κ1) is 8.88. The zero-order valence-electron chi connectivity index (χ0n) is 5.15. The molecule has 0 saturated carbocycles. The van der Waals surface area contributed by atoms with Gasteiger partial charge in [-0.1, -0.05) is 0 Å². The minimum Gasteiger partial charge on any atom is -1.00 e. The molecule has 2 heteroatoms. The third-order valence-corrected chi connectivity index (χ3v) is 0. The third kappa shape index (κ3) is 12.3. The van der Waals surface area contributed by atoms with Crippen molar-refractivity contribution >= 4 is 0 Å². The Kier molecular flexibility index (Phi) is 20.0. The average Bonchev–Trinajstić information content (AvgIpc) is 0.918. The van der Waals surface area contributed by atoms with Gasteiger partial charge in [-0.25, -0.2) is 0 Å². The van der Waals surface area contributed by atoms with Gasteiger partial charge in [-0.15, -0.1) is 0 Å². The van der Waals surface area contributed by atoms with Crippen LogP contribution in [0.3, 0.4) is 0 Å². The van der Waals surface area contributed by atoms with Crippen LogP contribution in [-0.4, -0.2) is 11.7 Å². The van der Waals surface area contributed by atoms with Crippen molar-refractivity contribution in [2.75, 3.05) is 6.61 Å². The van der Waals surface area contributed by atoms with Crippen molar-refractivity contribution < 1.29 is 37.5 Å². The number of hydrogen-bond acceptors (Lipinski definition) is 1. The van der Waals surface area contributed by atoms with E-state index in [1.54, 1.807) is 6.92 Å². The van der Waals surface area contributed by atoms with Crippen LogP contribution < -0.4 is 29.6 Å². The van der Waals surface area contributed by atoms with Crippen LogP contribution >= 0.6 is 0 Å². The molecule has 1 N–H and O–H groups in total. The Labute approximate surface area is 51.3 Å². The summed E-state index contributed by atoms with van der Waals surface area (Å²) in [6.07, 6.45) is 0. The Morgan fingerprint density at radius 3 is 2.25 bits per heavy atom. The molecule has 0 atom stereocenters. The summed E-state index contributed by atoms with van der Waals surface area (Å²) in [5, 5.41) is 7.57. The van der Waals surface area contributed by atoms with E-state index in [1.165, 1.54) is 0 Å².